The lowest BCUT2D eigenvalue weighted by Gasteiger charge is -2.12. The van der Waals surface area contributed by atoms with Gasteiger partial charge in [0, 0.05) is 25.6 Å². The molecular formula is C15H20N4O. The van der Waals surface area contributed by atoms with E-state index < -0.39 is 0 Å². The quantitative estimate of drug-likeness (QED) is 0.876. The summed E-state index contributed by atoms with van der Waals surface area (Å²) in [5, 5.41) is 7.48. The van der Waals surface area contributed by atoms with Gasteiger partial charge in [0.2, 0.25) is 5.95 Å². The molecule has 106 valence electrons. The van der Waals surface area contributed by atoms with Gasteiger partial charge >= 0.3 is 0 Å². The third kappa shape index (κ3) is 2.82. The Kier molecular flexibility index (Phi) is 3.97. The largest absolute Gasteiger partial charge is 0.378 e. The first-order valence-corrected chi connectivity index (χ1v) is 7.17. The van der Waals surface area contributed by atoms with E-state index in [1.807, 2.05) is 31.3 Å². The van der Waals surface area contributed by atoms with Gasteiger partial charge in [0.15, 0.2) is 0 Å². The third-order valence-electron chi connectivity index (χ3n) is 3.61. The molecule has 2 aromatic rings. The number of benzene rings is 1. The van der Waals surface area contributed by atoms with E-state index in [2.05, 4.69) is 20.6 Å². The maximum absolute atomic E-state index is 5.64. The molecule has 0 spiro atoms. The number of nitrogens with zero attached hydrogens (tertiary/aromatic N) is 2. The Labute approximate surface area is 118 Å². The lowest BCUT2D eigenvalue weighted by molar-refractivity contribution is 0.107. The van der Waals surface area contributed by atoms with E-state index in [1.54, 1.807) is 0 Å². The second-order valence-electron chi connectivity index (χ2n) is 5.01. The minimum absolute atomic E-state index is 0.402. The van der Waals surface area contributed by atoms with E-state index in [4.69, 9.17) is 4.74 Å². The predicted molar refractivity (Wildman–Crippen MR) is 81.2 cm³/mol. The van der Waals surface area contributed by atoms with Crippen molar-refractivity contribution in [1.29, 1.82) is 0 Å². The van der Waals surface area contributed by atoms with E-state index in [0.717, 1.165) is 36.3 Å². The van der Waals surface area contributed by atoms with Crippen molar-refractivity contribution in [2.24, 2.45) is 0 Å². The molecule has 1 unspecified atom stereocenters. The molecule has 2 heterocycles. The molecule has 1 aliphatic rings. The van der Waals surface area contributed by atoms with Gasteiger partial charge in [-0.1, -0.05) is 12.1 Å². The van der Waals surface area contributed by atoms with Crippen LogP contribution < -0.4 is 10.6 Å². The standard InChI is InChI=1S/C15H20N4O/c1-16-15-18-13-7-3-2-6-12(13)14(19-15)17-9-8-11-5-4-10-20-11/h2-3,6-7,11H,4-5,8-10H2,1H3,(H2,16,17,18,19). The molecule has 0 saturated carbocycles. The molecule has 1 aliphatic heterocycles. The molecule has 2 N–H and O–H groups in total. The highest BCUT2D eigenvalue weighted by Crippen LogP contribution is 2.22. The fourth-order valence-corrected chi connectivity index (χ4v) is 2.55. The van der Waals surface area contributed by atoms with Crippen LogP contribution in [0.2, 0.25) is 0 Å². The van der Waals surface area contributed by atoms with Crippen molar-refractivity contribution in [3.63, 3.8) is 0 Å². The van der Waals surface area contributed by atoms with Crippen molar-refractivity contribution in [3.05, 3.63) is 24.3 Å². The molecule has 1 atom stereocenters. The normalized spacial score (nSPS) is 18.4. The van der Waals surface area contributed by atoms with Gasteiger partial charge in [-0.3, -0.25) is 0 Å². The Morgan fingerprint density at radius 3 is 3.00 bits per heavy atom. The number of hydrogen-bond acceptors (Lipinski definition) is 5. The Hall–Kier alpha value is -1.88. The zero-order valence-corrected chi connectivity index (χ0v) is 11.7. The second kappa shape index (κ2) is 6.05. The molecule has 0 radical (unpaired) electrons. The average Bonchev–Trinajstić information content (AvgIpc) is 3.00. The number of ether oxygens (including phenoxy) is 1. The first-order chi connectivity index (χ1) is 9.86. The van der Waals surface area contributed by atoms with Gasteiger partial charge in [0.1, 0.15) is 5.82 Å². The molecule has 3 rings (SSSR count). The van der Waals surface area contributed by atoms with Gasteiger partial charge in [-0.15, -0.1) is 0 Å². The highest BCUT2D eigenvalue weighted by molar-refractivity contribution is 5.89. The van der Waals surface area contributed by atoms with E-state index in [9.17, 15) is 0 Å². The topological polar surface area (TPSA) is 59.1 Å². The highest BCUT2D eigenvalue weighted by atomic mass is 16.5. The van der Waals surface area contributed by atoms with Gasteiger partial charge in [-0.25, -0.2) is 4.98 Å². The molecule has 0 aliphatic carbocycles. The van der Waals surface area contributed by atoms with Crippen molar-refractivity contribution in [2.75, 3.05) is 30.8 Å². The van der Waals surface area contributed by atoms with Gasteiger partial charge in [-0.05, 0) is 31.4 Å². The van der Waals surface area contributed by atoms with E-state index >= 15 is 0 Å². The summed E-state index contributed by atoms with van der Waals surface area (Å²) >= 11 is 0. The van der Waals surface area contributed by atoms with Gasteiger partial charge in [0.05, 0.1) is 11.6 Å². The Bertz CT molecular complexity index is 581. The number of para-hydroxylation sites is 1. The van der Waals surface area contributed by atoms with Crippen LogP contribution in [-0.2, 0) is 4.74 Å². The summed E-state index contributed by atoms with van der Waals surface area (Å²) in [5.74, 6) is 1.53. The van der Waals surface area contributed by atoms with E-state index in [0.29, 0.717) is 12.1 Å². The third-order valence-corrected chi connectivity index (χ3v) is 3.61. The van der Waals surface area contributed by atoms with Crippen LogP contribution >= 0.6 is 0 Å². The maximum Gasteiger partial charge on any atom is 0.224 e. The highest BCUT2D eigenvalue weighted by Gasteiger charge is 2.15. The molecule has 20 heavy (non-hydrogen) atoms. The lowest BCUT2D eigenvalue weighted by Crippen LogP contribution is -2.13. The molecule has 1 saturated heterocycles. The van der Waals surface area contributed by atoms with Crippen LogP contribution in [-0.4, -0.2) is 36.3 Å². The van der Waals surface area contributed by atoms with Crippen molar-refractivity contribution in [2.45, 2.75) is 25.4 Å². The first kappa shape index (κ1) is 13.1. The van der Waals surface area contributed by atoms with Gasteiger partial charge in [0.25, 0.3) is 0 Å². The fourth-order valence-electron chi connectivity index (χ4n) is 2.55. The molecule has 1 aromatic heterocycles. The lowest BCUT2D eigenvalue weighted by atomic mass is 10.2. The monoisotopic (exact) mass is 272 g/mol. The minimum atomic E-state index is 0.402. The number of nitrogens with one attached hydrogen (secondary N) is 2. The fraction of sp³-hybridized carbons (Fsp3) is 0.467. The molecule has 1 fully saturated rings. The van der Waals surface area contributed by atoms with Gasteiger partial charge < -0.3 is 15.4 Å². The van der Waals surface area contributed by atoms with Crippen LogP contribution in [0.15, 0.2) is 24.3 Å². The van der Waals surface area contributed by atoms with E-state index in [-0.39, 0.29) is 0 Å². The van der Waals surface area contributed by atoms with Crippen molar-refractivity contribution >= 4 is 22.7 Å². The number of fused-ring (bicyclic) bond motifs is 1. The number of rotatable bonds is 5. The smallest absolute Gasteiger partial charge is 0.224 e. The Morgan fingerprint density at radius 2 is 2.20 bits per heavy atom. The van der Waals surface area contributed by atoms with Crippen molar-refractivity contribution in [1.82, 2.24) is 9.97 Å². The van der Waals surface area contributed by atoms with Crippen molar-refractivity contribution < 1.29 is 4.74 Å². The summed E-state index contributed by atoms with van der Waals surface area (Å²) in [6.45, 7) is 1.78. The van der Waals surface area contributed by atoms with Gasteiger partial charge in [-0.2, -0.15) is 4.98 Å². The SMILES string of the molecule is CNc1nc(NCCC2CCCO2)c2ccccc2n1. The van der Waals surface area contributed by atoms with Crippen LogP contribution in [0.4, 0.5) is 11.8 Å². The summed E-state index contributed by atoms with van der Waals surface area (Å²) in [6, 6.07) is 8.05. The van der Waals surface area contributed by atoms with Crippen LogP contribution in [0.3, 0.4) is 0 Å². The molecule has 1 aromatic carbocycles. The van der Waals surface area contributed by atoms with Crippen LogP contribution in [0.25, 0.3) is 10.9 Å². The molecule has 5 heteroatoms. The zero-order chi connectivity index (χ0) is 13.8. The molecule has 0 amide bonds. The molecule has 5 nitrogen and oxygen atoms in total. The summed E-state index contributed by atoms with van der Waals surface area (Å²) < 4.78 is 5.64. The molecule has 0 bridgehead atoms. The number of aromatic nitrogens is 2. The van der Waals surface area contributed by atoms with Crippen LogP contribution in [0.5, 0.6) is 0 Å². The van der Waals surface area contributed by atoms with Crippen molar-refractivity contribution in [3.8, 4) is 0 Å². The number of hydrogen-bond donors (Lipinski definition) is 2. The minimum Gasteiger partial charge on any atom is -0.378 e. The van der Waals surface area contributed by atoms with E-state index in [1.165, 1.54) is 12.8 Å². The molecular weight excluding hydrogens is 252 g/mol. The number of anilines is 2. The first-order valence-electron chi connectivity index (χ1n) is 7.17. The zero-order valence-electron chi connectivity index (χ0n) is 11.7. The maximum atomic E-state index is 5.64. The Morgan fingerprint density at radius 1 is 1.30 bits per heavy atom. The summed E-state index contributed by atoms with van der Waals surface area (Å²) in [4.78, 5) is 8.96. The van der Waals surface area contributed by atoms with Crippen LogP contribution in [0, 0.1) is 0 Å². The summed E-state index contributed by atoms with van der Waals surface area (Å²) in [7, 11) is 1.83. The summed E-state index contributed by atoms with van der Waals surface area (Å²) in [6.07, 6.45) is 3.78. The second-order valence-corrected chi connectivity index (χ2v) is 5.01. The Balaban J connectivity index is 1.75. The predicted octanol–water partition coefficient (Wildman–Crippen LogP) is 2.65. The van der Waals surface area contributed by atoms with Crippen LogP contribution in [0.1, 0.15) is 19.3 Å². The summed E-state index contributed by atoms with van der Waals surface area (Å²) in [5.41, 5.74) is 0.950. The average molecular weight is 272 g/mol.